The molecule has 1 aromatic carbocycles. The van der Waals surface area contributed by atoms with Gasteiger partial charge in [-0.25, -0.2) is 0 Å². The largest absolute Gasteiger partial charge is 0.496 e. The highest BCUT2D eigenvalue weighted by atomic mass is 16.5. The van der Waals surface area contributed by atoms with Crippen LogP contribution < -0.4 is 4.74 Å². The van der Waals surface area contributed by atoms with Gasteiger partial charge in [0.25, 0.3) is 0 Å². The number of ether oxygens (including phenoxy) is 1. The Morgan fingerprint density at radius 1 is 1.08 bits per heavy atom. The minimum absolute atomic E-state index is 0.0989. The van der Waals surface area contributed by atoms with Gasteiger partial charge < -0.3 is 14.5 Å². The lowest BCUT2D eigenvalue weighted by atomic mass is 9.98. The van der Waals surface area contributed by atoms with E-state index < -0.39 is 0 Å². The van der Waals surface area contributed by atoms with Crippen molar-refractivity contribution in [2.45, 2.75) is 46.0 Å². The highest BCUT2D eigenvalue weighted by molar-refractivity contribution is 5.80. The third-order valence-electron chi connectivity index (χ3n) is 4.76. The first-order valence-electron chi connectivity index (χ1n) is 9.18. The second kappa shape index (κ2) is 8.88. The summed E-state index contributed by atoms with van der Waals surface area (Å²) < 4.78 is 5.42. The number of hydrogen-bond donors (Lipinski definition) is 0. The molecule has 0 atom stereocenters. The zero-order valence-corrected chi connectivity index (χ0v) is 15.9. The maximum absolute atomic E-state index is 12.7. The van der Waals surface area contributed by atoms with Crippen LogP contribution in [0.25, 0.3) is 0 Å². The molecule has 0 aliphatic carbocycles. The molecule has 0 radical (unpaired) electrons. The van der Waals surface area contributed by atoms with Gasteiger partial charge in [-0.2, -0.15) is 0 Å². The van der Waals surface area contributed by atoms with Crippen LogP contribution in [0.4, 0.5) is 0 Å². The Kier molecular flexibility index (Phi) is 6.85. The van der Waals surface area contributed by atoms with Crippen LogP contribution in [-0.4, -0.2) is 54.9 Å². The molecule has 0 saturated carbocycles. The fourth-order valence-electron chi connectivity index (χ4n) is 3.15. The quantitative estimate of drug-likeness (QED) is 0.796. The van der Waals surface area contributed by atoms with Gasteiger partial charge in [-0.15, -0.1) is 0 Å². The van der Waals surface area contributed by atoms with Crippen LogP contribution in [0.15, 0.2) is 18.2 Å². The molecule has 1 saturated heterocycles. The van der Waals surface area contributed by atoms with Crippen molar-refractivity contribution in [2.75, 3.05) is 33.3 Å². The smallest absolute Gasteiger partial charge is 0.227 e. The highest BCUT2D eigenvalue weighted by Gasteiger charge is 2.24. The molecule has 0 unspecified atom stereocenters. The summed E-state index contributed by atoms with van der Waals surface area (Å²) in [4.78, 5) is 28.4. The summed E-state index contributed by atoms with van der Waals surface area (Å²) in [6.07, 6.45) is 1.80. The maximum atomic E-state index is 12.7. The number of benzene rings is 1. The number of nitrogens with zero attached hydrogens (tertiary/aromatic N) is 2. The van der Waals surface area contributed by atoms with Crippen LogP contribution in [0.5, 0.6) is 5.75 Å². The fraction of sp³-hybridized carbons (Fsp3) is 0.600. The Morgan fingerprint density at radius 3 is 2.20 bits per heavy atom. The molecule has 0 spiro atoms. The van der Waals surface area contributed by atoms with E-state index in [1.165, 1.54) is 5.56 Å². The van der Waals surface area contributed by atoms with Gasteiger partial charge in [0.15, 0.2) is 0 Å². The standard InChI is InChI=1S/C20H30N2O3/c1-5-6-19(23)21-9-11-22(12-10-21)20(24)14-17-13-16(15(2)3)7-8-18(17)25-4/h7-8,13,15H,5-6,9-12,14H2,1-4H3. The number of piperazine rings is 1. The van der Waals surface area contributed by atoms with Crippen LogP contribution in [-0.2, 0) is 16.0 Å². The maximum Gasteiger partial charge on any atom is 0.227 e. The normalized spacial score (nSPS) is 14.8. The summed E-state index contributed by atoms with van der Waals surface area (Å²) in [5.74, 6) is 1.46. The van der Waals surface area contributed by atoms with Crippen molar-refractivity contribution in [3.8, 4) is 5.75 Å². The predicted molar refractivity (Wildman–Crippen MR) is 98.9 cm³/mol. The second-order valence-electron chi connectivity index (χ2n) is 6.91. The molecule has 1 heterocycles. The molecule has 25 heavy (non-hydrogen) atoms. The molecular weight excluding hydrogens is 316 g/mol. The Hall–Kier alpha value is -2.04. The van der Waals surface area contributed by atoms with E-state index in [4.69, 9.17) is 4.74 Å². The molecule has 1 aromatic rings. The Bertz CT molecular complexity index is 605. The van der Waals surface area contributed by atoms with Gasteiger partial charge in [0.05, 0.1) is 13.5 Å². The highest BCUT2D eigenvalue weighted by Crippen LogP contribution is 2.25. The van der Waals surface area contributed by atoms with Gasteiger partial charge in [-0.05, 0) is 24.0 Å². The lowest BCUT2D eigenvalue weighted by Gasteiger charge is -2.35. The number of hydrogen-bond acceptors (Lipinski definition) is 3. The second-order valence-corrected chi connectivity index (χ2v) is 6.91. The van der Waals surface area contributed by atoms with E-state index in [2.05, 4.69) is 26.0 Å². The third kappa shape index (κ3) is 4.97. The van der Waals surface area contributed by atoms with Crippen molar-refractivity contribution >= 4 is 11.8 Å². The van der Waals surface area contributed by atoms with E-state index in [0.29, 0.717) is 44.9 Å². The number of carbonyl (C=O) groups is 2. The van der Waals surface area contributed by atoms with Gasteiger partial charge in [0.1, 0.15) is 5.75 Å². The van der Waals surface area contributed by atoms with Crippen molar-refractivity contribution < 1.29 is 14.3 Å². The van der Waals surface area contributed by atoms with Gasteiger partial charge in [-0.3, -0.25) is 9.59 Å². The lowest BCUT2D eigenvalue weighted by Crippen LogP contribution is -2.50. The van der Waals surface area contributed by atoms with E-state index in [1.807, 2.05) is 22.8 Å². The Balaban J connectivity index is 1.99. The number of amides is 2. The minimum Gasteiger partial charge on any atom is -0.496 e. The van der Waals surface area contributed by atoms with Crippen molar-refractivity contribution in [1.29, 1.82) is 0 Å². The van der Waals surface area contributed by atoms with Crippen molar-refractivity contribution in [2.24, 2.45) is 0 Å². The molecule has 2 rings (SSSR count). The Morgan fingerprint density at radius 2 is 1.68 bits per heavy atom. The van der Waals surface area contributed by atoms with E-state index in [9.17, 15) is 9.59 Å². The predicted octanol–water partition coefficient (Wildman–Crippen LogP) is 2.83. The topological polar surface area (TPSA) is 49.9 Å². The molecule has 1 aliphatic rings. The SMILES string of the molecule is CCCC(=O)N1CCN(C(=O)Cc2cc(C(C)C)ccc2OC)CC1. The first-order valence-corrected chi connectivity index (χ1v) is 9.18. The molecule has 2 amide bonds. The van der Waals surface area contributed by atoms with Crippen LogP contribution in [0.2, 0.25) is 0 Å². The first-order chi connectivity index (χ1) is 12.0. The zero-order valence-electron chi connectivity index (χ0n) is 15.9. The van der Waals surface area contributed by atoms with Gasteiger partial charge in [0, 0.05) is 38.2 Å². The molecule has 5 nitrogen and oxygen atoms in total. The van der Waals surface area contributed by atoms with Crippen LogP contribution in [0.1, 0.15) is 50.7 Å². The third-order valence-corrected chi connectivity index (χ3v) is 4.76. The molecule has 0 bridgehead atoms. The summed E-state index contributed by atoms with van der Waals surface area (Å²) in [7, 11) is 1.64. The number of rotatable bonds is 6. The lowest BCUT2D eigenvalue weighted by molar-refractivity contribution is -0.139. The van der Waals surface area contributed by atoms with Crippen LogP contribution >= 0.6 is 0 Å². The van der Waals surface area contributed by atoms with Crippen molar-refractivity contribution in [3.63, 3.8) is 0 Å². The van der Waals surface area contributed by atoms with Gasteiger partial charge >= 0.3 is 0 Å². The molecule has 138 valence electrons. The Labute approximate surface area is 150 Å². The van der Waals surface area contributed by atoms with E-state index in [1.54, 1.807) is 7.11 Å². The fourth-order valence-corrected chi connectivity index (χ4v) is 3.15. The summed E-state index contributed by atoms with van der Waals surface area (Å²) >= 11 is 0. The first kappa shape index (κ1) is 19.3. The van der Waals surface area contributed by atoms with Gasteiger partial charge in [-0.1, -0.05) is 32.9 Å². The molecule has 1 aliphatic heterocycles. The number of carbonyl (C=O) groups excluding carboxylic acids is 2. The van der Waals surface area contributed by atoms with E-state index >= 15 is 0 Å². The average molecular weight is 346 g/mol. The summed E-state index contributed by atoms with van der Waals surface area (Å²) in [5.41, 5.74) is 2.14. The van der Waals surface area contributed by atoms with E-state index in [-0.39, 0.29) is 11.8 Å². The summed E-state index contributed by atoms with van der Waals surface area (Å²) in [6, 6.07) is 6.07. The zero-order chi connectivity index (χ0) is 18.4. The number of methoxy groups -OCH3 is 1. The van der Waals surface area contributed by atoms with Crippen molar-refractivity contribution in [3.05, 3.63) is 29.3 Å². The van der Waals surface area contributed by atoms with Crippen LogP contribution in [0, 0.1) is 0 Å². The van der Waals surface area contributed by atoms with Gasteiger partial charge in [0.2, 0.25) is 11.8 Å². The van der Waals surface area contributed by atoms with Crippen LogP contribution in [0.3, 0.4) is 0 Å². The average Bonchev–Trinajstić information content (AvgIpc) is 2.61. The van der Waals surface area contributed by atoms with Crippen molar-refractivity contribution in [1.82, 2.24) is 9.80 Å². The molecule has 0 N–H and O–H groups in total. The molecular formula is C20H30N2O3. The molecule has 0 aromatic heterocycles. The molecule has 5 heteroatoms. The summed E-state index contributed by atoms with van der Waals surface area (Å²) in [6.45, 7) is 8.78. The molecule has 1 fully saturated rings. The summed E-state index contributed by atoms with van der Waals surface area (Å²) in [5, 5.41) is 0. The monoisotopic (exact) mass is 346 g/mol. The minimum atomic E-state index is 0.0989. The van der Waals surface area contributed by atoms with E-state index in [0.717, 1.165) is 17.7 Å².